The zero-order chi connectivity index (χ0) is 24.2. The number of aliphatic hydroxyl groups excluding tert-OH is 1. The lowest BCUT2D eigenvalue weighted by molar-refractivity contribution is 0.252. The molecular weight excluding hydrogens is 438 g/mol. The van der Waals surface area contributed by atoms with Crippen LogP contribution in [0.5, 0.6) is 0 Å². The summed E-state index contributed by atoms with van der Waals surface area (Å²) in [4.78, 5) is 14.1. The normalized spacial score (nSPS) is 14.9. The Kier molecular flexibility index (Phi) is 5.09. The van der Waals surface area contributed by atoms with Crippen LogP contribution < -0.4 is 11.2 Å². The topological polar surface area (TPSA) is 94.3 Å². The van der Waals surface area contributed by atoms with E-state index in [0.717, 1.165) is 46.9 Å². The van der Waals surface area contributed by atoms with Gasteiger partial charge >= 0.3 is 0 Å². The summed E-state index contributed by atoms with van der Waals surface area (Å²) in [7, 11) is 0. The van der Waals surface area contributed by atoms with Crippen molar-refractivity contribution in [2.75, 3.05) is 6.61 Å². The third-order valence-electron chi connectivity index (χ3n) is 7.30. The maximum absolute atomic E-state index is 14.1. The molecule has 5 aromatic rings. The van der Waals surface area contributed by atoms with Gasteiger partial charge in [0.2, 0.25) is 5.43 Å². The Labute approximate surface area is 202 Å². The minimum Gasteiger partial charge on any atom is -0.453 e. The van der Waals surface area contributed by atoms with Gasteiger partial charge in [-0.25, -0.2) is 0 Å². The Morgan fingerprint density at radius 1 is 1.09 bits per heavy atom. The van der Waals surface area contributed by atoms with Crippen molar-refractivity contribution < 1.29 is 9.52 Å². The van der Waals surface area contributed by atoms with Crippen LogP contribution in [0.1, 0.15) is 30.4 Å². The minimum absolute atomic E-state index is 0.0602. The summed E-state index contributed by atoms with van der Waals surface area (Å²) >= 11 is 0. The molecule has 3 N–H and O–H groups in total. The maximum atomic E-state index is 14.1. The van der Waals surface area contributed by atoms with Crippen LogP contribution >= 0.6 is 0 Å². The van der Waals surface area contributed by atoms with E-state index in [1.54, 1.807) is 16.9 Å². The van der Waals surface area contributed by atoms with E-state index in [1.165, 1.54) is 0 Å². The van der Waals surface area contributed by atoms with Crippen molar-refractivity contribution in [2.45, 2.75) is 38.3 Å². The summed E-state index contributed by atoms with van der Waals surface area (Å²) in [5.74, 6) is 0.519. The molecule has 0 unspecified atom stereocenters. The number of fused-ring (bicyclic) bond motifs is 3. The van der Waals surface area contributed by atoms with Gasteiger partial charge in [-0.15, -0.1) is 0 Å². The van der Waals surface area contributed by atoms with Gasteiger partial charge in [-0.05, 0) is 48.9 Å². The molecule has 1 aliphatic rings. The third kappa shape index (κ3) is 3.40. The molecule has 0 aliphatic heterocycles. The molecule has 2 aromatic heterocycles. The van der Waals surface area contributed by atoms with Crippen molar-refractivity contribution >= 4 is 21.9 Å². The molecule has 6 rings (SSSR count). The second-order valence-corrected chi connectivity index (χ2v) is 9.51. The van der Waals surface area contributed by atoms with Gasteiger partial charge in [-0.1, -0.05) is 54.6 Å². The number of hydrogen-bond acceptors (Lipinski definition) is 5. The van der Waals surface area contributed by atoms with E-state index >= 15 is 0 Å². The first-order chi connectivity index (χ1) is 17.0. The van der Waals surface area contributed by atoms with Crippen LogP contribution in [-0.4, -0.2) is 21.5 Å². The van der Waals surface area contributed by atoms with Crippen LogP contribution in [0.25, 0.3) is 44.3 Å². The van der Waals surface area contributed by atoms with Gasteiger partial charge in [0, 0.05) is 16.5 Å². The predicted octanol–water partition coefficient (Wildman–Crippen LogP) is 5.12. The fourth-order valence-electron chi connectivity index (χ4n) is 5.34. The molecule has 3 aromatic carbocycles. The van der Waals surface area contributed by atoms with E-state index < -0.39 is 0 Å². The van der Waals surface area contributed by atoms with Crippen molar-refractivity contribution in [3.8, 4) is 22.5 Å². The van der Waals surface area contributed by atoms with Crippen LogP contribution in [0.2, 0.25) is 0 Å². The van der Waals surface area contributed by atoms with Crippen LogP contribution in [0.15, 0.2) is 76.1 Å². The van der Waals surface area contributed by atoms with Crippen LogP contribution in [0.4, 0.5) is 0 Å². The van der Waals surface area contributed by atoms with Crippen LogP contribution in [-0.2, 0) is 12.1 Å². The number of nitrogens with zero attached hydrogens (tertiary/aromatic N) is 2. The maximum Gasteiger partial charge on any atom is 0.201 e. The molecular formula is C29H27N3O3. The molecule has 1 aliphatic carbocycles. The molecule has 0 radical (unpaired) electrons. The van der Waals surface area contributed by atoms with Crippen molar-refractivity contribution in [1.82, 2.24) is 9.78 Å². The number of benzene rings is 3. The van der Waals surface area contributed by atoms with E-state index in [-0.39, 0.29) is 17.6 Å². The van der Waals surface area contributed by atoms with Gasteiger partial charge in [-0.3, -0.25) is 9.48 Å². The van der Waals surface area contributed by atoms with Gasteiger partial charge in [0.15, 0.2) is 5.58 Å². The fraction of sp³-hybridized carbons (Fsp3) is 0.241. The Bertz CT molecular complexity index is 1630. The molecule has 6 heteroatoms. The number of hydrogen-bond donors (Lipinski definition) is 2. The highest BCUT2D eigenvalue weighted by atomic mass is 16.3. The van der Waals surface area contributed by atoms with Crippen molar-refractivity contribution in [3.63, 3.8) is 0 Å². The van der Waals surface area contributed by atoms with E-state index in [0.29, 0.717) is 34.4 Å². The highest BCUT2D eigenvalue weighted by Gasteiger charge is 2.35. The third-order valence-corrected chi connectivity index (χ3v) is 7.30. The number of nitrogens with two attached hydrogens (primary N) is 1. The monoisotopic (exact) mass is 465 g/mol. The predicted molar refractivity (Wildman–Crippen MR) is 138 cm³/mol. The molecule has 0 spiro atoms. The smallest absolute Gasteiger partial charge is 0.201 e. The van der Waals surface area contributed by atoms with E-state index in [1.807, 2.05) is 42.5 Å². The molecule has 0 saturated heterocycles. The molecule has 6 nitrogen and oxygen atoms in total. The molecule has 1 fully saturated rings. The molecule has 1 saturated carbocycles. The first kappa shape index (κ1) is 21.8. The Balaban J connectivity index is 1.65. The SMILES string of the molecule is Cc1cc(-c2c(-c3ccccc3)oc3c(ccc4cnn(CCO)c43)c2=O)ccc1C1(N)CCC1. The molecule has 35 heavy (non-hydrogen) atoms. The highest BCUT2D eigenvalue weighted by Crippen LogP contribution is 2.42. The number of aromatic nitrogens is 2. The van der Waals surface area contributed by atoms with Crippen molar-refractivity contribution in [1.29, 1.82) is 0 Å². The lowest BCUT2D eigenvalue weighted by Crippen LogP contribution is -2.43. The number of aliphatic hydroxyl groups is 1. The summed E-state index contributed by atoms with van der Waals surface area (Å²) in [6.45, 7) is 2.32. The van der Waals surface area contributed by atoms with Crippen molar-refractivity contribution in [2.24, 2.45) is 5.73 Å². The zero-order valence-electron chi connectivity index (χ0n) is 19.6. The van der Waals surface area contributed by atoms with Gasteiger partial charge in [0.25, 0.3) is 0 Å². The number of rotatable bonds is 5. The average molecular weight is 466 g/mol. The molecule has 0 atom stereocenters. The highest BCUT2D eigenvalue weighted by molar-refractivity contribution is 6.04. The number of aryl methyl sites for hydroxylation is 1. The standard InChI is InChI=1S/C29H27N3O3/c1-18-16-20(9-11-23(18)29(30)12-5-13-29)24-26(34)22-10-8-21-17-31-32(14-15-33)25(21)28(22)35-27(24)19-6-3-2-4-7-19/h2-4,6-11,16-17,33H,5,12-15,30H2,1H3. The second-order valence-electron chi connectivity index (χ2n) is 9.51. The molecule has 176 valence electrons. The minimum atomic E-state index is -0.268. The van der Waals surface area contributed by atoms with Crippen LogP contribution in [0, 0.1) is 6.92 Å². The Morgan fingerprint density at radius 3 is 2.57 bits per heavy atom. The summed E-state index contributed by atoms with van der Waals surface area (Å²) in [6.07, 6.45) is 4.84. The largest absolute Gasteiger partial charge is 0.453 e. The van der Waals surface area contributed by atoms with Crippen molar-refractivity contribution in [3.05, 3.63) is 88.2 Å². The summed E-state index contributed by atoms with van der Waals surface area (Å²) in [5.41, 5.74) is 11.8. The lowest BCUT2D eigenvalue weighted by Gasteiger charge is -2.39. The quantitative estimate of drug-likeness (QED) is 0.376. The Hall–Kier alpha value is -3.74. The van der Waals surface area contributed by atoms with Gasteiger partial charge < -0.3 is 15.3 Å². The van der Waals surface area contributed by atoms with E-state index in [9.17, 15) is 9.90 Å². The zero-order valence-corrected chi connectivity index (χ0v) is 19.6. The lowest BCUT2D eigenvalue weighted by atomic mass is 9.71. The average Bonchev–Trinajstić information content (AvgIpc) is 3.26. The van der Waals surface area contributed by atoms with E-state index in [2.05, 4.69) is 24.2 Å². The first-order valence-electron chi connectivity index (χ1n) is 12.0. The first-order valence-corrected chi connectivity index (χ1v) is 12.0. The molecule has 0 amide bonds. The van der Waals surface area contributed by atoms with Crippen LogP contribution in [0.3, 0.4) is 0 Å². The van der Waals surface area contributed by atoms with Gasteiger partial charge in [0.1, 0.15) is 11.3 Å². The van der Waals surface area contributed by atoms with Gasteiger partial charge in [0.05, 0.1) is 30.3 Å². The van der Waals surface area contributed by atoms with E-state index in [4.69, 9.17) is 10.2 Å². The fourth-order valence-corrected chi connectivity index (χ4v) is 5.34. The molecule has 0 bridgehead atoms. The Morgan fingerprint density at radius 2 is 1.89 bits per heavy atom. The summed E-state index contributed by atoms with van der Waals surface area (Å²) in [5, 5.41) is 15.2. The second kappa shape index (κ2) is 8.18. The van der Waals surface area contributed by atoms with Gasteiger partial charge in [-0.2, -0.15) is 5.10 Å². The molecule has 2 heterocycles. The summed E-state index contributed by atoms with van der Waals surface area (Å²) < 4.78 is 8.26. The summed E-state index contributed by atoms with van der Waals surface area (Å²) in [6, 6.07) is 19.5.